The quantitative estimate of drug-likeness (QED) is 0.703. The van der Waals surface area contributed by atoms with Gasteiger partial charge in [0.2, 0.25) is 10.0 Å². The van der Waals surface area contributed by atoms with Gasteiger partial charge < -0.3 is 14.8 Å². The maximum absolute atomic E-state index is 12.9. The summed E-state index contributed by atoms with van der Waals surface area (Å²) < 4.78 is 28.3. The Kier molecular flexibility index (Phi) is 7.21. The molecule has 0 saturated carbocycles. The second-order valence-corrected chi connectivity index (χ2v) is 8.64. The fourth-order valence-electron chi connectivity index (χ4n) is 3.05. The average molecular weight is 421 g/mol. The van der Waals surface area contributed by atoms with Crippen molar-refractivity contribution in [1.29, 1.82) is 0 Å². The van der Waals surface area contributed by atoms with E-state index in [2.05, 4.69) is 5.32 Å². The van der Waals surface area contributed by atoms with Gasteiger partial charge in [-0.3, -0.25) is 9.59 Å². The smallest absolute Gasteiger partial charge is 0.270 e. The summed E-state index contributed by atoms with van der Waals surface area (Å²) >= 11 is 0. The van der Waals surface area contributed by atoms with Gasteiger partial charge in [0, 0.05) is 52.5 Å². The van der Waals surface area contributed by atoms with E-state index in [-0.39, 0.29) is 16.7 Å². The van der Waals surface area contributed by atoms with Gasteiger partial charge >= 0.3 is 0 Å². The number of nitrogens with zero attached hydrogens (tertiary/aromatic N) is 3. The number of aryl methyl sites for hydroxylation is 1. The number of nitrogens with one attached hydrogen (secondary N) is 1. The molecule has 158 valence electrons. The number of amides is 2. The van der Waals surface area contributed by atoms with E-state index >= 15 is 0 Å². The first-order chi connectivity index (χ1) is 13.6. The summed E-state index contributed by atoms with van der Waals surface area (Å²) in [6.45, 7) is 4.61. The molecule has 0 unspecified atom stereocenters. The first-order valence-corrected chi connectivity index (χ1v) is 10.8. The van der Waals surface area contributed by atoms with Gasteiger partial charge in [-0.2, -0.15) is 4.31 Å². The van der Waals surface area contributed by atoms with E-state index in [1.165, 1.54) is 26.0 Å². The highest BCUT2D eigenvalue weighted by Gasteiger charge is 2.26. The van der Waals surface area contributed by atoms with E-state index in [0.717, 1.165) is 5.56 Å². The van der Waals surface area contributed by atoms with Crippen molar-refractivity contribution in [1.82, 2.24) is 19.1 Å². The van der Waals surface area contributed by atoms with Crippen molar-refractivity contribution in [2.45, 2.75) is 25.3 Å². The first-order valence-electron chi connectivity index (χ1n) is 9.38. The third kappa shape index (κ3) is 4.86. The van der Waals surface area contributed by atoms with E-state index in [1.807, 2.05) is 0 Å². The molecule has 0 radical (unpaired) electrons. The van der Waals surface area contributed by atoms with Crippen molar-refractivity contribution >= 4 is 21.8 Å². The first kappa shape index (κ1) is 22.6. The molecular formula is C20H28N4O4S. The number of benzene rings is 1. The summed E-state index contributed by atoms with van der Waals surface area (Å²) in [7, 11) is 1.24. The highest BCUT2D eigenvalue weighted by atomic mass is 32.2. The maximum Gasteiger partial charge on any atom is 0.270 e. The van der Waals surface area contributed by atoms with Gasteiger partial charge in [0.05, 0.1) is 0 Å². The van der Waals surface area contributed by atoms with Crippen LogP contribution < -0.4 is 5.32 Å². The third-order valence-electron chi connectivity index (χ3n) is 4.75. The highest BCUT2D eigenvalue weighted by molar-refractivity contribution is 7.89. The highest BCUT2D eigenvalue weighted by Crippen LogP contribution is 2.20. The van der Waals surface area contributed by atoms with Crippen LogP contribution in [0.1, 0.15) is 40.3 Å². The molecular weight excluding hydrogens is 392 g/mol. The van der Waals surface area contributed by atoms with Gasteiger partial charge in [-0.05, 0) is 23.8 Å². The van der Waals surface area contributed by atoms with Crippen molar-refractivity contribution in [2.75, 3.05) is 27.2 Å². The van der Waals surface area contributed by atoms with Crippen LogP contribution in [0.15, 0.2) is 41.4 Å². The molecule has 9 heteroatoms. The zero-order chi connectivity index (χ0) is 21.8. The average Bonchev–Trinajstić information content (AvgIpc) is 3.10. The minimum atomic E-state index is -3.63. The van der Waals surface area contributed by atoms with Crippen LogP contribution in [0.5, 0.6) is 0 Å². The molecule has 0 spiro atoms. The van der Waals surface area contributed by atoms with Gasteiger partial charge in [-0.1, -0.05) is 26.0 Å². The Bertz CT molecular complexity index is 976. The van der Waals surface area contributed by atoms with Gasteiger partial charge in [-0.15, -0.1) is 0 Å². The van der Waals surface area contributed by atoms with Crippen molar-refractivity contribution in [3.8, 4) is 0 Å². The second kappa shape index (κ2) is 9.23. The van der Waals surface area contributed by atoms with Crippen molar-refractivity contribution in [2.24, 2.45) is 7.05 Å². The predicted molar refractivity (Wildman–Crippen MR) is 111 cm³/mol. The van der Waals surface area contributed by atoms with Crippen LogP contribution in [-0.4, -0.2) is 61.2 Å². The summed E-state index contributed by atoms with van der Waals surface area (Å²) in [5.41, 5.74) is 1.69. The molecule has 1 N–H and O–H groups in total. The number of sulfonamides is 1. The van der Waals surface area contributed by atoms with Crippen LogP contribution in [-0.2, 0) is 23.6 Å². The number of aromatic nitrogens is 1. The van der Waals surface area contributed by atoms with Crippen LogP contribution in [0, 0.1) is 0 Å². The Balaban J connectivity index is 2.20. The number of carbonyl (C=O) groups excluding carboxylic acids is 2. The lowest BCUT2D eigenvalue weighted by Crippen LogP contribution is -2.30. The minimum Gasteiger partial charge on any atom is -0.355 e. The third-order valence-corrected chi connectivity index (χ3v) is 6.77. The van der Waals surface area contributed by atoms with E-state index in [9.17, 15) is 18.0 Å². The van der Waals surface area contributed by atoms with Crippen molar-refractivity contribution in [3.05, 3.63) is 53.3 Å². The van der Waals surface area contributed by atoms with Gasteiger partial charge in [-0.25, -0.2) is 8.42 Å². The van der Waals surface area contributed by atoms with E-state index in [0.29, 0.717) is 30.9 Å². The van der Waals surface area contributed by atoms with Gasteiger partial charge in [0.25, 0.3) is 11.8 Å². The number of hydrogen-bond acceptors (Lipinski definition) is 4. The Hall–Kier alpha value is -2.65. The second-order valence-electron chi connectivity index (χ2n) is 6.70. The van der Waals surface area contributed by atoms with Crippen molar-refractivity contribution < 1.29 is 18.0 Å². The monoisotopic (exact) mass is 420 g/mol. The van der Waals surface area contributed by atoms with Crippen LogP contribution in [0.3, 0.4) is 0 Å². The Morgan fingerprint density at radius 3 is 2.21 bits per heavy atom. The number of carbonyl (C=O) groups is 2. The minimum absolute atomic E-state index is 0.107. The zero-order valence-corrected chi connectivity index (χ0v) is 18.3. The van der Waals surface area contributed by atoms with E-state index in [1.54, 1.807) is 59.3 Å². The van der Waals surface area contributed by atoms with Crippen LogP contribution in [0.2, 0.25) is 0 Å². The van der Waals surface area contributed by atoms with Gasteiger partial charge in [0.1, 0.15) is 10.6 Å². The molecule has 0 bridgehead atoms. The molecule has 0 aliphatic heterocycles. The lowest BCUT2D eigenvalue weighted by molar-refractivity contribution is 0.0775. The molecule has 8 nitrogen and oxygen atoms in total. The molecule has 2 rings (SSSR count). The summed E-state index contributed by atoms with van der Waals surface area (Å²) in [4.78, 5) is 26.1. The van der Waals surface area contributed by atoms with Crippen LogP contribution in [0.4, 0.5) is 0 Å². The number of hydrogen-bond donors (Lipinski definition) is 1. The van der Waals surface area contributed by atoms with E-state index in [4.69, 9.17) is 0 Å². The Labute approximate surface area is 172 Å². The Morgan fingerprint density at radius 1 is 1.10 bits per heavy atom. The Morgan fingerprint density at radius 2 is 1.69 bits per heavy atom. The van der Waals surface area contributed by atoms with Crippen molar-refractivity contribution in [3.63, 3.8) is 0 Å². The lowest BCUT2D eigenvalue weighted by Gasteiger charge is -2.18. The summed E-state index contributed by atoms with van der Waals surface area (Å²) in [5.74, 6) is -0.462. The standard InChI is InChI=1S/C20H28N4O4S/c1-6-24(7-2)29(27,28)17-12-18(22(4)14-17)20(26)23(5)13-15-8-10-16(11-9-15)19(25)21-3/h8-12,14H,6-7,13H2,1-5H3,(H,21,25). The maximum atomic E-state index is 12.9. The predicted octanol–water partition coefficient (Wildman–Crippen LogP) is 1.69. The van der Waals surface area contributed by atoms with Gasteiger partial charge in [0.15, 0.2) is 0 Å². The van der Waals surface area contributed by atoms with Crippen LogP contribution in [0.25, 0.3) is 0 Å². The van der Waals surface area contributed by atoms with E-state index < -0.39 is 10.0 Å². The summed E-state index contributed by atoms with van der Waals surface area (Å²) in [6.07, 6.45) is 1.47. The molecule has 1 aromatic carbocycles. The fourth-order valence-corrected chi connectivity index (χ4v) is 4.58. The van der Waals surface area contributed by atoms with Crippen LogP contribution >= 0.6 is 0 Å². The normalized spacial score (nSPS) is 11.5. The molecule has 1 aromatic heterocycles. The molecule has 2 amide bonds. The molecule has 1 heterocycles. The number of rotatable bonds is 8. The molecule has 0 aliphatic carbocycles. The SMILES string of the molecule is CCN(CC)S(=O)(=O)c1cc(C(=O)N(C)Cc2ccc(C(=O)NC)cc2)n(C)c1. The topological polar surface area (TPSA) is 91.7 Å². The fraction of sp³-hybridized carbons (Fsp3) is 0.400. The summed E-state index contributed by atoms with van der Waals surface area (Å²) in [5, 5.41) is 2.56. The molecule has 0 atom stereocenters. The largest absolute Gasteiger partial charge is 0.355 e. The molecule has 29 heavy (non-hydrogen) atoms. The lowest BCUT2D eigenvalue weighted by atomic mass is 10.1. The molecule has 0 fully saturated rings. The summed E-state index contributed by atoms with van der Waals surface area (Å²) in [6, 6.07) is 8.39. The molecule has 0 aliphatic rings. The zero-order valence-electron chi connectivity index (χ0n) is 17.5. The molecule has 0 saturated heterocycles. The molecule has 2 aromatic rings.